The predicted molar refractivity (Wildman–Crippen MR) is 77.4 cm³/mol. The smallest absolute Gasteiger partial charge is 0.0444 e. The summed E-state index contributed by atoms with van der Waals surface area (Å²) in [6, 6.07) is 11.2. The number of nitrogens with zero attached hydrogens (tertiary/aromatic N) is 2. The average Bonchev–Trinajstić information content (AvgIpc) is 2.28. The second-order valence-electron chi connectivity index (χ2n) is 5.02. The average molecular weight is 240 g/mol. The normalized spacial score (nSPS) is 10.7. The van der Waals surface area contributed by atoms with Gasteiger partial charge in [-0.05, 0) is 63.1 Å². The van der Waals surface area contributed by atoms with Crippen molar-refractivity contribution in [3.63, 3.8) is 0 Å². The topological polar surface area (TPSA) is 16.1 Å². The molecule has 2 rings (SSSR count). The zero-order chi connectivity index (χ0) is 13.1. The maximum absolute atomic E-state index is 4.09. The SMILES string of the molecule is Cc1cc(C)cc(N(c2ccncc2)C(C)C)c1. The van der Waals surface area contributed by atoms with E-state index < -0.39 is 0 Å². The third-order valence-electron chi connectivity index (χ3n) is 2.94. The first-order chi connectivity index (χ1) is 8.58. The molecule has 1 aromatic heterocycles. The van der Waals surface area contributed by atoms with E-state index in [0.717, 1.165) is 0 Å². The first-order valence-electron chi connectivity index (χ1n) is 6.35. The fourth-order valence-corrected chi connectivity index (χ4v) is 2.34. The fourth-order valence-electron chi connectivity index (χ4n) is 2.34. The van der Waals surface area contributed by atoms with E-state index >= 15 is 0 Å². The largest absolute Gasteiger partial charge is 0.339 e. The minimum atomic E-state index is 0.411. The molecule has 2 nitrogen and oxygen atoms in total. The molecule has 0 saturated heterocycles. The van der Waals surface area contributed by atoms with Crippen LogP contribution in [0.15, 0.2) is 42.7 Å². The van der Waals surface area contributed by atoms with Crippen molar-refractivity contribution < 1.29 is 0 Å². The Kier molecular flexibility index (Phi) is 3.66. The van der Waals surface area contributed by atoms with Crippen molar-refractivity contribution in [1.82, 2.24) is 4.98 Å². The van der Waals surface area contributed by atoms with Crippen LogP contribution in [0.3, 0.4) is 0 Å². The van der Waals surface area contributed by atoms with Crippen LogP contribution in [-0.4, -0.2) is 11.0 Å². The van der Waals surface area contributed by atoms with Crippen molar-refractivity contribution in [2.75, 3.05) is 4.90 Å². The quantitative estimate of drug-likeness (QED) is 0.797. The number of pyridine rings is 1. The summed E-state index contributed by atoms with van der Waals surface area (Å²) < 4.78 is 0. The Hall–Kier alpha value is -1.83. The Bertz CT molecular complexity index is 498. The van der Waals surface area contributed by atoms with Gasteiger partial charge in [-0.25, -0.2) is 0 Å². The zero-order valence-electron chi connectivity index (χ0n) is 11.5. The molecule has 94 valence electrons. The Balaban J connectivity index is 2.48. The molecule has 0 aliphatic heterocycles. The highest BCUT2D eigenvalue weighted by Crippen LogP contribution is 2.28. The molecule has 2 heteroatoms. The number of hydrogen-bond donors (Lipinski definition) is 0. The Morgan fingerprint density at radius 2 is 1.44 bits per heavy atom. The summed E-state index contributed by atoms with van der Waals surface area (Å²) in [5.74, 6) is 0. The van der Waals surface area contributed by atoms with Crippen LogP contribution in [0.4, 0.5) is 11.4 Å². The molecule has 0 bridgehead atoms. The van der Waals surface area contributed by atoms with Gasteiger partial charge >= 0.3 is 0 Å². The summed E-state index contributed by atoms with van der Waals surface area (Å²) in [6.07, 6.45) is 3.68. The van der Waals surface area contributed by atoms with Gasteiger partial charge in [0.15, 0.2) is 0 Å². The Morgan fingerprint density at radius 3 is 1.94 bits per heavy atom. The number of rotatable bonds is 3. The van der Waals surface area contributed by atoms with Crippen molar-refractivity contribution >= 4 is 11.4 Å². The second-order valence-corrected chi connectivity index (χ2v) is 5.02. The molecule has 0 radical (unpaired) electrons. The van der Waals surface area contributed by atoms with Crippen molar-refractivity contribution in [3.05, 3.63) is 53.9 Å². The molecule has 0 aliphatic rings. The molecule has 2 aromatic rings. The molecule has 0 atom stereocenters. The van der Waals surface area contributed by atoms with Gasteiger partial charge < -0.3 is 4.90 Å². The molecule has 0 saturated carbocycles. The van der Waals surface area contributed by atoms with Crippen LogP contribution in [0.25, 0.3) is 0 Å². The standard InChI is InChI=1S/C16H20N2/c1-12(2)18(15-5-7-17-8-6-15)16-10-13(3)9-14(4)11-16/h5-12H,1-4H3. The van der Waals surface area contributed by atoms with Gasteiger partial charge in [-0.15, -0.1) is 0 Å². The molecule has 0 spiro atoms. The van der Waals surface area contributed by atoms with Crippen LogP contribution in [0, 0.1) is 13.8 Å². The molecule has 1 heterocycles. The number of hydrogen-bond acceptors (Lipinski definition) is 2. The lowest BCUT2D eigenvalue weighted by atomic mass is 10.1. The van der Waals surface area contributed by atoms with Crippen LogP contribution >= 0.6 is 0 Å². The van der Waals surface area contributed by atoms with Gasteiger partial charge in [-0.2, -0.15) is 0 Å². The van der Waals surface area contributed by atoms with E-state index in [1.54, 1.807) is 0 Å². The first-order valence-corrected chi connectivity index (χ1v) is 6.35. The lowest BCUT2D eigenvalue weighted by molar-refractivity contribution is 0.787. The first kappa shape index (κ1) is 12.6. The van der Waals surface area contributed by atoms with Gasteiger partial charge in [0.25, 0.3) is 0 Å². The van der Waals surface area contributed by atoms with E-state index in [1.807, 2.05) is 12.4 Å². The van der Waals surface area contributed by atoms with Gasteiger partial charge in [0.1, 0.15) is 0 Å². The predicted octanol–water partition coefficient (Wildman–Crippen LogP) is 4.24. The fraction of sp³-hybridized carbons (Fsp3) is 0.312. The summed E-state index contributed by atoms with van der Waals surface area (Å²) in [5.41, 5.74) is 5.02. The van der Waals surface area contributed by atoms with Gasteiger partial charge in [0.05, 0.1) is 0 Å². The van der Waals surface area contributed by atoms with E-state index in [2.05, 4.69) is 67.9 Å². The van der Waals surface area contributed by atoms with Crippen LogP contribution in [0.2, 0.25) is 0 Å². The molecular weight excluding hydrogens is 220 g/mol. The highest BCUT2D eigenvalue weighted by Gasteiger charge is 2.13. The highest BCUT2D eigenvalue weighted by molar-refractivity contribution is 5.64. The van der Waals surface area contributed by atoms with Crippen LogP contribution in [0.1, 0.15) is 25.0 Å². The van der Waals surface area contributed by atoms with Crippen molar-refractivity contribution in [3.8, 4) is 0 Å². The Labute approximate surface area is 109 Å². The van der Waals surface area contributed by atoms with E-state index in [4.69, 9.17) is 0 Å². The van der Waals surface area contributed by atoms with E-state index in [-0.39, 0.29) is 0 Å². The second kappa shape index (κ2) is 5.21. The van der Waals surface area contributed by atoms with Crippen molar-refractivity contribution in [2.24, 2.45) is 0 Å². The summed E-state index contributed by atoms with van der Waals surface area (Å²) in [5, 5.41) is 0. The summed E-state index contributed by atoms with van der Waals surface area (Å²) in [6.45, 7) is 8.69. The van der Waals surface area contributed by atoms with E-state index in [9.17, 15) is 0 Å². The minimum absolute atomic E-state index is 0.411. The molecule has 0 fully saturated rings. The maximum Gasteiger partial charge on any atom is 0.0444 e. The molecule has 0 amide bonds. The van der Waals surface area contributed by atoms with Crippen molar-refractivity contribution in [2.45, 2.75) is 33.7 Å². The lowest BCUT2D eigenvalue weighted by Gasteiger charge is -2.29. The molecule has 0 aliphatic carbocycles. The number of benzene rings is 1. The third-order valence-corrected chi connectivity index (χ3v) is 2.94. The van der Waals surface area contributed by atoms with E-state index in [0.29, 0.717) is 6.04 Å². The minimum Gasteiger partial charge on any atom is -0.339 e. The third kappa shape index (κ3) is 2.70. The number of aromatic nitrogens is 1. The summed E-state index contributed by atoms with van der Waals surface area (Å²) >= 11 is 0. The molecule has 1 aromatic carbocycles. The van der Waals surface area contributed by atoms with Crippen LogP contribution in [0.5, 0.6) is 0 Å². The van der Waals surface area contributed by atoms with Gasteiger partial charge in [0.2, 0.25) is 0 Å². The molecular formula is C16H20N2. The highest BCUT2D eigenvalue weighted by atomic mass is 15.2. The Morgan fingerprint density at radius 1 is 0.889 bits per heavy atom. The molecule has 18 heavy (non-hydrogen) atoms. The van der Waals surface area contributed by atoms with Gasteiger partial charge in [-0.3, -0.25) is 4.98 Å². The van der Waals surface area contributed by atoms with Crippen molar-refractivity contribution in [1.29, 1.82) is 0 Å². The van der Waals surface area contributed by atoms with Gasteiger partial charge in [-0.1, -0.05) is 6.07 Å². The van der Waals surface area contributed by atoms with Gasteiger partial charge in [0, 0.05) is 29.8 Å². The monoisotopic (exact) mass is 240 g/mol. The maximum atomic E-state index is 4.09. The summed E-state index contributed by atoms with van der Waals surface area (Å²) in [7, 11) is 0. The van der Waals surface area contributed by atoms with Crippen LogP contribution < -0.4 is 4.90 Å². The van der Waals surface area contributed by atoms with E-state index in [1.165, 1.54) is 22.5 Å². The van der Waals surface area contributed by atoms with Crippen LogP contribution in [-0.2, 0) is 0 Å². The zero-order valence-corrected chi connectivity index (χ0v) is 11.5. The summed E-state index contributed by atoms with van der Waals surface area (Å²) in [4.78, 5) is 6.42. The molecule has 0 N–H and O–H groups in total. The number of anilines is 2. The lowest BCUT2D eigenvalue weighted by Crippen LogP contribution is -2.25. The molecule has 0 unspecified atom stereocenters. The number of aryl methyl sites for hydroxylation is 2.